The van der Waals surface area contributed by atoms with Crippen molar-refractivity contribution in [2.45, 2.75) is 6.92 Å². The molecule has 0 saturated carbocycles. The molecule has 1 amide bonds. The van der Waals surface area contributed by atoms with Crippen LogP contribution in [0.15, 0.2) is 42.6 Å². The number of hydrogen-bond donors (Lipinski definition) is 2. The Bertz CT molecular complexity index is 808. The van der Waals surface area contributed by atoms with Crippen LogP contribution < -0.4 is 10.1 Å². The summed E-state index contributed by atoms with van der Waals surface area (Å²) >= 11 is 0. The molecule has 0 bridgehead atoms. The zero-order chi connectivity index (χ0) is 14.8. The van der Waals surface area contributed by atoms with Gasteiger partial charge >= 0.3 is 0 Å². The van der Waals surface area contributed by atoms with Gasteiger partial charge in [0.2, 0.25) is 0 Å². The first-order valence-corrected chi connectivity index (χ1v) is 6.56. The van der Waals surface area contributed by atoms with Gasteiger partial charge in [0.05, 0.1) is 24.5 Å². The zero-order valence-electron chi connectivity index (χ0n) is 11.8. The summed E-state index contributed by atoms with van der Waals surface area (Å²) in [5.74, 6) is 0.424. The SMILES string of the molecule is COc1cc2[nH]ncc2cc1NC(=O)c1cccc(C)c1. The Labute approximate surface area is 121 Å². The van der Waals surface area contributed by atoms with E-state index in [-0.39, 0.29) is 5.91 Å². The van der Waals surface area contributed by atoms with Crippen molar-refractivity contribution in [2.75, 3.05) is 12.4 Å². The van der Waals surface area contributed by atoms with E-state index < -0.39 is 0 Å². The van der Waals surface area contributed by atoms with Crippen LogP contribution in [0.25, 0.3) is 10.9 Å². The quantitative estimate of drug-likeness (QED) is 0.775. The highest BCUT2D eigenvalue weighted by Gasteiger charge is 2.11. The maximum absolute atomic E-state index is 12.3. The maximum Gasteiger partial charge on any atom is 0.255 e. The third-order valence-electron chi connectivity index (χ3n) is 3.29. The van der Waals surface area contributed by atoms with Gasteiger partial charge in [-0.2, -0.15) is 5.10 Å². The van der Waals surface area contributed by atoms with Crippen LogP contribution in [-0.2, 0) is 0 Å². The second-order valence-corrected chi connectivity index (χ2v) is 4.83. The topological polar surface area (TPSA) is 67.0 Å². The van der Waals surface area contributed by atoms with Crippen LogP contribution in [0.1, 0.15) is 15.9 Å². The van der Waals surface area contributed by atoms with Gasteiger partial charge in [-0.05, 0) is 25.1 Å². The fourth-order valence-corrected chi connectivity index (χ4v) is 2.22. The Kier molecular flexibility index (Phi) is 3.31. The third kappa shape index (κ3) is 2.58. The first kappa shape index (κ1) is 13.2. The fraction of sp³-hybridized carbons (Fsp3) is 0.125. The van der Waals surface area contributed by atoms with E-state index in [0.29, 0.717) is 17.0 Å². The third-order valence-corrected chi connectivity index (χ3v) is 3.29. The number of ether oxygens (including phenoxy) is 1. The zero-order valence-corrected chi connectivity index (χ0v) is 11.8. The van der Waals surface area contributed by atoms with Gasteiger partial charge in [-0.15, -0.1) is 0 Å². The van der Waals surface area contributed by atoms with E-state index in [1.807, 2.05) is 37.3 Å². The van der Waals surface area contributed by atoms with Crippen LogP contribution in [0, 0.1) is 6.92 Å². The van der Waals surface area contributed by atoms with Crippen LogP contribution in [0.3, 0.4) is 0 Å². The van der Waals surface area contributed by atoms with Crippen molar-refractivity contribution in [1.29, 1.82) is 0 Å². The molecule has 0 radical (unpaired) electrons. The molecule has 2 N–H and O–H groups in total. The Hall–Kier alpha value is -2.82. The smallest absolute Gasteiger partial charge is 0.255 e. The minimum absolute atomic E-state index is 0.167. The standard InChI is InChI=1S/C16H15N3O2/c1-10-4-3-5-11(6-10)16(20)18-14-7-12-9-17-19-13(12)8-15(14)21-2/h3-9H,1-2H3,(H,17,19)(H,18,20). The van der Waals surface area contributed by atoms with Crippen LogP contribution >= 0.6 is 0 Å². The molecule has 1 heterocycles. The van der Waals surface area contributed by atoms with Crippen molar-refractivity contribution in [3.05, 3.63) is 53.7 Å². The molecule has 0 fully saturated rings. The number of aromatic amines is 1. The van der Waals surface area contributed by atoms with Crippen LogP contribution in [-0.4, -0.2) is 23.2 Å². The number of rotatable bonds is 3. The molecule has 0 aliphatic heterocycles. The summed E-state index contributed by atoms with van der Waals surface area (Å²) in [6.45, 7) is 1.95. The van der Waals surface area contributed by atoms with Crippen molar-refractivity contribution in [2.24, 2.45) is 0 Å². The van der Waals surface area contributed by atoms with Crippen LogP contribution in [0.5, 0.6) is 5.75 Å². The number of anilines is 1. The Morgan fingerprint density at radius 1 is 1.29 bits per heavy atom. The summed E-state index contributed by atoms with van der Waals surface area (Å²) in [5, 5.41) is 10.6. The fourth-order valence-electron chi connectivity index (χ4n) is 2.22. The number of amides is 1. The highest BCUT2D eigenvalue weighted by molar-refractivity contribution is 6.06. The van der Waals surface area contributed by atoms with Crippen molar-refractivity contribution < 1.29 is 9.53 Å². The lowest BCUT2D eigenvalue weighted by molar-refractivity contribution is 0.102. The number of carbonyl (C=O) groups is 1. The van der Waals surface area contributed by atoms with E-state index in [9.17, 15) is 4.79 Å². The van der Waals surface area contributed by atoms with Gasteiger partial charge in [0.1, 0.15) is 5.75 Å². The number of hydrogen-bond acceptors (Lipinski definition) is 3. The van der Waals surface area contributed by atoms with E-state index in [1.54, 1.807) is 19.4 Å². The number of H-pyrrole nitrogens is 1. The lowest BCUT2D eigenvalue weighted by atomic mass is 10.1. The largest absolute Gasteiger partial charge is 0.494 e. The summed E-state index contributed by atoms with van der Waals surface area (Å²) < 4.78 is 5.32. The predicted octanol–water partition coefficient (Wildman–Crippen LogP) is 3.13. The summed E-state index contributed by atoms with van der Waals surface area (Å²) in [5.41, 5.74) is 3.14. The molecular weight excluding hydrogens is 266 g/mol. The molecule has 5 heteroatoms. The molecule has 0 spiro atoms. The Morgan fingerprint density at radius 2 is 2.14 bits per heavy atom. The van der Waals surface area contributed by atoms with E-state index in [2.05, 4.69) is 15.5 Å². The van der Waals surface area contributed by atoms with Gasteiger partial charge < -0.3 is 10.1 Å². The van der Waals surface area contributed by atoms with Crippen LogP contribution in [0.2, 0.25) is 0 Å². The monoisotopic (exact) mass is 281 g/mol. The summed E-state index contributed by atoms with van der Waals surface area (Å²) in [7, 11) is 1.57. The van der Waals surface area contributed by atoms with Crippen molar-refractivity contribution in [3.8, 4) is 5.75 Å². The predicted molar refractivity (Wildman–Crippen MR) is 81.8 cm³/mol. The molecule has 0 saturated heterocycles. The minimum atomic E-state index is -0.167. The number of benzene rings is 2. The van der Waals surface area contributed by atoms with Crippen molar-refractivity contribution >= 4 is 22.5 Å². The Morgan fingerprint density at radius 3 is 2.90 bits per heavy atom. The van der Waals surface area contributed by atoms with E-state index >= 15 is 0 Å². The molecular formula is C16H15N3O2. The van der Waals surface area contributed by atoms with E-state index in [4.69, 9.17) is 4.74 Å². The molecule has 21 heavy (non-hydrogen) atoms. The van der Waals surface area contributed by atoms with Crippen molar-refractivity contribution in [1.82, 2.24) is 10.2 Å². The molecule has 2 aromatic carbocycles. The molecule has 0 unspecified atom stereocenters. The van der Waals surface area contributed by atoms with E-state index in [1.165, 1.54) is 0 Å². The van der Waals surface area contributed by atoms with Gasteiger partial charge in [0.25, 0.3) is 5.91 Å². The average molecular weight is 281 g/mol. The molecule has 0 aliphatic carbocycles. The molecule has 5 nitrogen and oxygen atoms in total. The summed E-state index contributed by atoms with van der Waals surface area (Å²) in [6, 6.07) is 11.1. The normalized spacial score (nSPS) is 10.6. The van der Waals surface area contributed by atoms with Crippen LogP contribution in [0.4, 0.5) is 5.69 Å². The highest BCUT2D eigenvalue weighted by atomic mass is 16.5. The number of carbonyl (C=O) groups excluding carboxylic acids is 1. The maximum atomic E-state index is 12.3. The number of nitrogens with zero attached hydrogens (tertiary/aromatic N) is 1. The van der Waals surface area contributed by atoms with Gasteiger partial charge in [-0.25, -0.2) is 0 Å². The van der Waals surface area contributed by atoms with Gasteiger partial charge in [-0.1, -0.05) is 17.7 Å². The second-order valence-electron chi connectivity index (χ2n) is 4.83. The Balaban J connectivity index is 1.95. The number of aryl methyl sites for hydroxylation is 1. The molecule has 1 aromatic heterocycles. The molecule has 106 valence electrons. The van der Waals surface area contributed by atoms with E-state index in [0.717, 1.165) is 16.5 Å². The highest BCUT2D eigenvalue weighted by Crippen LogP contribution is 2.29. The number of fused-ring (bicyclic) bond motifs is 1. The lowest BCUT2D eigenvalue weighted by Crippen LogP contribution is -2.12. The van der Waals surface area contributed by atoms with Gasteiger partial charge in [0.15, 0.2) is 0 Å². The first-order chi connectivity index (χ1) is 10.2. The lowest BCUT2D eigenvalue weighted by Gasteiger charge is -2.10. The number of aromatic nitrogens is 2. The van der Waals surface area contributed by atoms with Crippen molar-refractivity contribution in [3.63, 3.8) is 0 Å². The molecule has 3 rings (SSSR count). The second kappa shape index (κ2) is 5.28. The molecule has 0 atom stereocenters. The first-order valence-electron chi connectivity index (χ1n) is 6.56. The molecule has 0 aliphatic rings. The van der Waals surface area contributed by atoms with Gasteiger partial charge in [0, 0.05) is 17.0 Å². The average Bonchev–Trinajstić information content (AvgIpc) is 2.93. The number of nitrogens with one attached hydrogen (secondary N) is 2. The molecule has 3 aromatic rings. The van der Waals surface area contributed by atoms with Gasteiger partial charge in [-0.3, -0.25) is 9.89 Å². The summed E-state index contributed by atoms with van der Waals surface area (Å²) in [4.78, 5) is 12.3. The summed E-state index contributed by atoms with van der Waals surface area (Å²) in [6.07, 6.45) is 1.71. The number of methoxy groups -OCH3 is 1. The minimum Gasteiger partial charge on any atom is -0.494 e.